The quantitative estimate of drug-likeness (QED) is 0.363. The molecule has 1 unspecified atom stereocenters. The molecule has 33 heavy (non-hydrogen) atoms. The minimum Gasteiger partial charge on any atom is -0.492 e. The third-order valence-corrected chi connectivity index (χ3v) is 13.1. The van der Waals surface area contributed by atoms with Crippen LogP contribution in [0, 0.1) is 5.92 Å². The largest absolute Gasteiger partial charge is 0.492 e. The van der Waals surface area contributed by atoms with Gasteiger partial charge in [-0.2, -0.15) is 0 Å². The Morgan fingerprint density at radius 1 is 1.24 bits per heavy atom. The van der Waals surface area contributed by atoms with Gasteiger partial charge in [0, 0.05) is 22.5 Å². The number of hydrogen-bond donors (Lipinski definition) is 1. The van der Waals surface area contributed by atoms with E-state index in [-0.39, 0.29) is 27.9 Å². The Morgan fingerprint density at radius 3 is 2.45 bits per heavy atom. The van der Waals surface area contributed by atoms with Crippen LogP contribution in [0.1, 0.15) is 97.3 Å². The van der Waals surface area contributed by atoms with E-state index >= 15 is 0 Å². The van der Waals surface area contributed by atoms with Gasteiger partial charge in [-0.15, -0.1) is 0 Å². The zero-order valence-electron chi connectivity index (χ0n) is 22.4. The summed E-state index contributed by atoms with van der Waals surface area (Å²) in [5.74, 6) is 0.0620. The highest BCUT2D eigenvalue weighted by Gasteiger charge is 2.56. The third-order valence-electron chi connectivity index (χ3n) is 8.55. The number of aryl methyl sites for hydroxylation is 1. The maximum atomic E-state index is 11.7. The molecule has 0 saturated heterocycles. The van der Waals surface area contributed by atoms with Crippen LogP contribution in [0.25, 0.3) is 0 Å². The van der Waals surface area contributed by atoms with Gasteiger partial charge in [0.2, 0.25) is 0 Å². The smallest absolute Gasteiger partial charge is 0.307 e. The van der Waals surface area contributed by atoms with E-state index in [9.17, 15) is 9.90 Å². The molecule has 1 N–H and O–H groups in total. The van der Waals surface area contributed by atoms with E-state index < -0.39 is 14.3 Å². The molecule has 1 fully saturated rings. The second-order valence-corrected chi connectivity index (χ2v) is 17.6. The first-order chi connectivity index (χ1) is 15.1. The van der Waals surface area contributed by atoms with Crippen molar-refractivity contribution >= 4 is 14.3 Å². The zero-order valence-corrected chi connectivity index (χ0v) is 23.4. The number of fused-ring (bicyclic) bond motifs is 1. The molecule has 5 heteroatoms. The van der Waals surface area contributed by atoms with Gasteiger partial charge < -0.3 is 14.3 Å². The van der Waals surface area contributed by atoms with Gasteiger partial charge in [0.1, 0.15) is 5.75 Å². The molecule has 1 aromatic rings. The summed E-state index contributed by atoms with van der Waals surface area (Å²) in [6.45, 7) is 21.1. The Balaban J connectivity index is 1.88. The molecule has 4 nitrogen and oxygen atoms in total. The van der Waals surface area contributed by atoms with Crippen LogP contribution in [0.3, 0.4) is 0 Å². The maximum Gasteiger partial charge on any atom is 0.307 e. The van der Waals surface area contributed by atoms with Gasteiger partial charge in [-0.25, -0.2) is 0 Å². The average Bonchev–Trinajstić information content (AvgIpc) is 3.31. The highest BCUT2D eigenvalue weighted by Crippen LogP contribution is 2.56. The van der Waals surface area contributed by atoms with Crippen LogP contribution in [0.15, 0.2) is 12.1 Å². The average molecular weight is 475 g/mol. The lowest BCUT2D eigenvalue weighted by atomic mass is 9.81. The summed E-state index contributed by atoms with van der Waals surface area (Å²) in [5.41, 5.74) is 3.31. The molecule has 1 aliphatic heterocycles. The molecule has 1 aliphatic carbocycles. The first-order valence-corrected chi connectivity index (χ1v) is 15.7. The number of unbranched alkanes of at least 4 members (excludes halogenated alkanes) is 1. The minimum absolute atomic E-state index is 0.0523. The van der Waals surface area contributed by atoms with Crippen molar-refractivity contribution in [3.63, 3.8) is 0 Å². The van der Waals surface area contributed by atoms with Crippen LogP contribution in [0.4, 0.5) is 0 Å². The number of hydrogen-bond acceptors (Lipinski definition) is 3. The molecule has 0 aromatic heterocycles. The van der Waals surface area contributed by atoms with Gasteiger partial charge in [-0.05, 0) is 54.9 Å². The normalized spacial score (nSPS) is 24.8. The highest BCUT2D eigenvalue weighted by molar-refractivity contribution is 6.74. The van der Waals surface area contributed by atoms with Crippen LogP contribution in [0.5, 0.6) is 5.75 Å². The molecule has 186 valence electrons. The summed E-state index contributed by atoms with van der Waals surface area (Å²) in [6, 6.07) is 4.47. The summed E-state index contributed by atoms with van der Waals surface area (Å²) in [7, 11) is -1.85. The standard InChI is InChI=1S/C28H46O4Si/c1-10-11-12-21(32-33(8,9)26(2,3)4)14-13-19-15-20(28(7)17-23(28)25(29)30)16-22-24(19)31-18-27(22,5)6/h15-16,21,23H,10-14,17-18H2,1-9H3,(H,29,30)/t21?,23-,28-/m1/s1. The Kier molecular flexibility index (Phi) is 7.19. The van der Waals surface area contributed by atoms with E-state index in [2.05, 4.69) is 73.7 Å². The van der Waals surface area contributed by atoms with Crippen LogP contribution >= 0.6 is 0 Å². The highest BCUT2D eigenvalue weighted by atomic mass is 28.4. The first kappa shape index (κ1) is 26.3. The predicted octanol–water partition coefficient (Wildman–Crippen LogP) is 7.23. The van der Waals surface area contributed by atoms with Crippen molar-refractivity contribution in [1.29, 1.82) is 0 Å². The Labute approximate surface area is 202 Å². The number of benzene rings is 1. The molecular weight excluding hydrogens is 428 g/mol. The van der Waals surface area contributed by atoms with Gasteiger partial charge in [0.25, 0.3) is 0 Å². The molecular formula is C28H46O4Si. The molecule has 0 spiro atoms. The van der Waals surface area contributed by atoms with E-state index in [1.54, 1.807) is 0 Å². The Bertz CT molecular complexity index is 883. The molecule has 1 aromatic carbocycles. The van der Waals surface area contributed by atoms with E-state index in [1.165, 1.54) is 24.0 Å². The van der Waals surface area contributed by atoms with Crippen molar-refractivity contribution < 1.29 is 19.1 Å². The molecule has 1 saturated carbocycles. The van der Waals surface area contributed by atoms with Gasteiger partial charge >= 0.3 is 5.97 Å². The van der Waals surface area contributed by atoms with Crippen molar-refractivity contribution in [1.82, 2.24) is 0 Å². The number of ether oxygens (including phenoxy) is 1. The number of carboxylic acids is 1. The summed E-state index contributed by atoms with van der Waals surface area (Å²) in [4.78, 5) is 11.7. The van der Waals surface area contributed by atoms with Crippen molar-refractivity contribution in [2.45, 2.75) is 122 Å². The fourth-order valence-corrected chi connectivity index (χ4v) is 6.28. The lowest BCUT2D eigenvalue weighted by Crippen LogP contribution is -2.44. The van der Waals surface area contributed by atoms with Crippen LogP contribution in [0.2, 0.25) is 18.1 Å². The van der Waals surface area contributed by atoms with Crippen LogP contribution < -0.4 is 4.74 Å². The van der Waals surface area contributed by atoms with Crippen molar-refractivity contribution in [2.24, 2.45) is 5.92 Å². The molecule has 3 atom stereocenters. The van der Waals surface area contributed by atoms with Gasteiger partial charge in [-0.1, -0.05) is 73.4 Å². The third kappa shape index (κ3) is 5.34. The van der Waals surface area contributed by atoms with Crippen molar-refractivity contribution in [3.8, 4) is 5.75 Å². The lowest BCUT2D eigenvalue weighted by Gasteiger charge is -2.39. The van der Waals surface area contributed by atoms with Gasteiger partial charge in [0.05, 0.1) is 12.5 Å². The van der Waals surface area contributed by atoms with E-state index in [0.29, 0.717) is 6.61 Å². The summed E-state index contributed by atoms with van der Waals surface area (Å²) < 4.78 is 13.1. The monoisotopic (exact) mass is 474 g/mol. The molecule has 2 aliphatic rings. The fraction of sp³-hybridized carbons (Fsp3) is 0.750. The van der Waals surface area contributed by atoms with E-state index in [1.807, 2.05) is 0 Å². The summed E-state index contributed by atoms with van der Waals surface area (Å²) in [6.07, 6.45) is 6.30. The second kappa shape index (κ2) is 9.03. The van der Waals surface area contributed by atoms with Gasteiger partial charge in [-0.3, -0.25) is 4.79 Å². The maximum absolute atomic E-state index is 11.7. The van der Waals surface area contributed by atoms with Crippen LogP contribution in [-0.4, -0.2) is 32.1 Å². The zero-order chi connectivity index (χ0) is 24.8. The van der Waals surface area contributed by atoms with E-state index in [0.717, 1.165) is 37.0 Å². The molecule has 0 radical (unpaired) electrons. The number of carbonyl (C=O) groups is 1. The molecule has 0 amide bonds. The Morgan fingerprint density at radius 2 is 1.91 bits per heavy atom. The Hall–Kier alpha value is -1.33. The fourth-order valence-electron chi connectivity index (χ4n) is 4.86. The topological polar surface area (TPSA) is 55.8 Å². The van der Waals surface area contributed by atoms with Gasteiger partial charge in [0.15, 0.2) is 8.32 Å². The number of aliphatic carboxylic acids is 1. The van der Waals surface area contributed by atoms with Crippen molar-refractivity contribution in [3.05, 3.63) is 28.8 Å². The summed E-state index contributed by atoms with van der Waals surface area (Å²) >= 11 is 0. The predicted molar refractivity (Wildman–Crippen MR) is 138 cm³/mol. The SMILES string of the molecule is CCCCC(CCc1cc([C@@]2(C)C[C@@H]2C(=O)O)cc2c1OCC2(C)C)O[Si](C)(C)C(C)(C)C. The van der Waals surface area contributed by atoms with E-state index in [4.69, 9.17) is 9.16 Å². The number of rotatable bonds is 10. The first-order valence-electron chi connectivity index (χ1n) is 12.8. The molecule has 1 heterocycles. The van der Waals surface area contributed by atoms with Crippen molar-refractivity contribution in [2.75, 3.05) is 6.61 Å². The minimum atomic E-state index is -1.85. The number of carboxylic acid groups (broad SMARTS) is 1. The molecule has 3 rings (SSSR count). The summed E-state index contributed by atoms with van der Waals surface area (Å²) in [5, 5.41) is 9.80. The molecule has 0 bridgehead atoms. The second-order valence-electron chi connectivity index (χ2n) is 12.9. The van der Waals surface area contributed by atoms with Crippen LogP contribution in [-0.2, 0) is 26.5 Å². The lowest BCUT2D eigenvalue weighted by molar-refractivity contribution is -0.138.